The van der Waals surface area contributed by atoms with Gasteiger partial charge in [0.05, 0.1) is 7.11 Å². The van der Waals surface area contributed by atoms with Crippen molar-refractivity contribution in [3.05, 3.63) is 41.4 Å². The zero-order valence-corrected chi connectivity index (χ0v) is 15.0. The minimum absolute atomic E-state index is 0.144. The molecule has 0 radical (unpaired) electrons. The third kappa shape index (κ3) is 3.70. The lowest BCUT2D eigenvalue weighted by Crippen LogP contribution is -2.49. The predicted molar refractivity (Wildman–Crippen MR) is 96.9 cm³/mol. The second kappa shape index (κ2) is 7.66. The summed E-state index contributed by atoms with van der Waals surface area (Å²) in [6, 6.07) is 7.93. The van der Waals surface area contributed by atoms with Crippen molar-refractivity contribution >= 4 is 22.4 Å². The molecule has 3 rings (SSSR count). The van der Waals surface area contributed by atoms with E-state index in [0.717, 1.165) is 42.6 Å². The number of thiazole rings is 1. The monoisotopic (exact) mass is 345 g/mol. The first-order valence-electron chi connectivity index (χ1n) is 8.24. The Bertz CT molecular complexity index is 667. The number of rotatable bonds is 5. The zero-order valence-electron chi connectivity index (χ0n) is 14.1. The second-order valence-electron chi connectivity index (χ2n) is 6.03. The number of anilines is 1. The second-order valence-corrected chi connectivity index (χ2v) is 6.90. The number of benzene rings is 1. The van der Waals surface area contributed by atoms with Crippen LogP contribution >= 0.6 is 11.3 Å². The number of aromatic nitrogens is 1. The van der Waals surface area contributed by atoms with E-state index in [1.54, 1.807) is 18.4 Å². The van der Waals surface area contributed by atoms with Gasteiger partial charge in [0, 0.05) is 44.2 Å². The minimum Gasteiger partial charge on any atom is -0.496 e. The van der Waals surface area contributed by atoms with E-state index < -0.39 is 0 Å². The minimum atomic E-state index is 0.144. The highest BCUT2D eigenvalue weighted by molar-refractivity contribution is 7.13. The summed E-state index contributed by atoms with van der Waals surface area (Å²) in [5, 5.41) is 3.03. The van der Waals surface area contributed by atoms with Crippen molar-refractivity contribution in [3.63, 3.8) is 0 Å². The first-order chi connectivity index (χ1) is 11.7. The zero-order chi connectivity index (χ0) is 16.9. The van der Waals surface area contributed by atoms with Crippen LogP contribution in [0.15, 0.2) is 35.8 Å². The molecule has 6 heteroatoms. The molecule has 0 bridgehead atoms. The lowest BCUT2D eigenvalue weighted by atomic mass is 9.96. The van der Waals surface area contributed by atoms with E-state index in [0.29, 0.717) is 6.42 Å². The molecular weight excluding hydrogens is 322 g/mol. The van der Waals surface area contributed by atoms with E-state index in [9.17, 15) is 4.79 Å². The summed E-state index contributed by atoms with van der Waals surface area (Å²) in [5.74, 6) is 1.21. The Hall–Kier alpha value is -2.08. The maximum absolute atomic E-state index is 12.6. The van der Waals surface area contributed by atoms with Gasteiger partial charge in [0.15, 0.2) is 5.13 Å². The first kappa shape index (κ1) is 16.8. The average Bonchev–Trinajstić information content (AvgIpc) is 3.16. The van der Waals surface area contributed by atoms with Gasteiger partial charge in [0.25, 0.3) is 0 Å². The van der Waals surface area contributed by atoms with Gasteiger partial charge in [0.2, 0.25) is 5.91 Å². The van der Waals surface area contributed by atoms with Crippen molar-refractivity contribution in [3.8, 4) is 5.75 Å². The molecule has 2 aromatic rings. The lowest BCUT2D eigenvalue weighted by molar-refractivity contribution is -0.131. The van der Waals surface area contributed by atoms with Crippen LogP contribution in [0, 0.1) is 0 Å². The maximum Gasteiger partial charge on any atom is 0.223 e. The lowest BCUT2D eigenvalue weighted by Gasteiger charge is -2.35. The highest BCUT2D eigenvalue weighted by Gasteiger charge is 2.24. The van der Waals surface area contributed by atoms with E-state index in [1.165, 1.54) is 0 Å². The number of methoxy groups -OCH3 is 1. The number of para-hydroxylation sites is 1. The molecule has 1 atom stereocenters. The maximum atomic E-state index is 12.6. The summed E-state index contributed by atoms with van der Waals surface area (Å²) in [5.41, 5.74) is 1.09. The Labute approximate surface area is 146 Å². The number of piperazine rings is 1. The first-order valence-corrected chi connectivity index (χ1v) is 9.12. The summed E-state index contributed by atoms with van der Waals surface area (Å²) in [6.07, 6.45) is 2.34. The number of ether oxygens (including phenoxy) is 1. The normalized spacial score (nSPS) is 16.1. The van der Waals surface area contributed by atoms with Gasteiger partial charge < -0.3 is 14.5 Å². The van der Waals surface area contributed by atoms with Gasteiger partial charge in [-0.3, -0.25) is 4.79 Å². The fraction of sp³-hybridized carbons (Fsp3) is 0.444. The van der Waals surface area contributed by atoms with Crippen molar-refractivity contribution in [1.29, 1.82) is 0 Å². The third-order valence-electron chi connectivity index (χ3n) is 4.47. The highest BCUT2D eigenvalue weighted by atomic mass is 32.1. The van der Waals surface area contributed by atoms with E-state index >= 15 is 0 Å². The van der Waals surface area contributed by atoms with Crippen molar-refractivity contribution in [2.45, 2.75) is 19.3 Å². The molecule has 1 aromatic heterocycles. The molecule has 0 spiro atoms. The molecule has 5 nitrogen and oxygen atoms in total. The standard InChI is InChI=1S/C18H23N3O2S/c1-14(15-5-3-4-6-16(15)23-2)13-17(22)20-8-10-21(11-9-20)18-19-7-12-24-18/h3-7,12,14H,8-11,13H2,1-2H3/t14-/m0/s1. The fourth-order valence-corrected chi connectivity index (χ4v) is 3.79. The largest absolute Gasteiger partial charge is 0.496 e. The molecule has 1 saturated heterocycles. The van der Waals surface area contributed by atoms with Crippen molar-refractivity contribution < 1.29 is 9.53 Å². The quantitative estimate of drug-likeness (QED) is 0.836. The molecular formula is C18H23N3O2S. The smallest absolute Gasteiger partial charge is 0.223 e. The predicted octanol–water partition coefficient (Wildman–Crippen LogP) is 2.99. The van der Waals surface area contributed by atoms with Crippen LogP contribution in [-0.4, -0.2) is 49.1 Å². The molecule has 0 saturated carbocycles. The molecule has 0 aliphatic carbocycles. The Balaban J connectivity index is 1.56. The van der Waals surface area contributed by atoms with Crippen LogP contribution in [-0.2, 0) is 4.79 Å². The molecule has 24 heavy (non-hydrogen) atoms. The number of hydrogen-bond donors (Lipinski definition) is 0. The summed E-state index contributed by atoms with van der Waals surface area (Å²) in [6.45, 7) is 5.31. The van der Waals surface area contributed by atoms with Crippen LogP contribution in [0.4, 0.5) is 5.13 Å². The summed E-state index contributed by atoms with van der Waals surface area (Å²) >= 11 is 1.65. The Morgan fingerprint density at radius 1 is 1.29 bits per heavy atom. The number of hydrogen-bond acceptors (Lipinski definition) is 5. The van der Waals surface area contributed by atoms with E-state index in [1.807, 2.05) is 40.7 Å². The van der Waals surface area contributed by atoms with Gasteiger partial charge in [-0.15, -0.1) is 11.3 Å². The van der Waals surface area contributed by atoms with Crippen LogP contribution in [0.25, 0.3) is 0 Å². The molecule has 1 aliphatic rings. The van der Waals surface area contributed by atoms with Crippen LogP contribution in [0.1, 0.15) is 24.8 Å². The topological polar surface area (TPSA) is 45.7 Å². The van der Waals surface area contributed by atoms with E-state index in [2.05, 4.69) is 16.8 Å². The van der Waals surface area contributed by atoms with Gasteiger partial charge in [-0.05, 0) is 17.5 Å². The van der Waals surface area contributed by atoms with Crippen molar-refractivity contribution in [1.82, 2.24) is 9.88 Å². The van der Waals surface area contributed by atoms with Gasteiger partial charge in [-0.2, -0.15) is 0 Å². The molecule has 128 valence electrons. The van der Waals surface area contributed by atoms with Crippen LogP contribution in [0.5, 0.6) is 5.75 Å². The summed E-state index contributed by atoms with van der Waals surface area (Å²) in [7, 11) is 1.67. The van der Waals surface area contributed by atoms with Gasteiger partial charge in [-0.1, -0.05) is 25.1 Å². The molecule has 0 unspecified atom stereocenters. The van der Waals surface area contributed by atoms with Crippen molar-refractivity contribution in [2.75, 3.05) is 38.2 Å². The number of amides is 1. The van der Waals surface area contributed by atoms with Crippen LogP contribution in [0.2, 0.25) is 0 Å². The molecule has 1 aliphatic heterocycles. The van der Waals surface area contributed by atoms with E-state index in [-0.39, 0.29) is 11.8 Å². The molecule has 2 heterocycles. The SMILES string of the molecule is COc1ccccc1[C@@H](C)CC(=O)N1CCN(c2nccs2)CC1. The van der Waals surface area contributed by atoms with Gasteiger partial charge in [-0.25, -0.2) is 4.98 Å². The van der Waals surface area contributed by atoms with Crippen molar-refractivity contribution in [2.24, 2.45) is 0 Å². The summed E-state index contributed by atoms with van der Waals surface area (Å²) < 4.78 is 5.41. The highest BCUT2D eigenvalue weighted by Crippen LogP contribution is 2.29. The average molecular weight is 345 g/mol. The summed E-state index contributed by atoms with van der Waals surface area (Å²) in [4.78, 5) is 21.2. The Morgan fingerprint density at radius 2 is 2.04 bits per heavy atom. The number of carbonyl (C=O) groups excluding carboxylic acids is 1. The third-order valence-corrected chi connectivity index (χ3v) is 5.31. The number of carbonyl (C=O) groups is 1. The van der Waals surface area contributed by atoms with Gasteiger partial charge in [0.1, 0.15) is 5.75 Å². The molecule has 1 fully saturated rings. The number of nitrogens with zero attached hydrogens (tertiary/aromatic N) is 3. The van der Waals surface area contributed by atoms with Crippen LogP contribution in [0.3, 0.4) is 0 Å². The molecule has 0 N–H and O–H groups in total. The Kier molecular flexibility index (Phi) is 5.35. The van der Waals surface area contributed by atoms with Crippen LogP contribution < -0.4 is 9.64 Å². The fourth-order valence-electron chi connectivity index (χ4n) is 3.09. The molecule has 1 amide bonds. The van der Waals surface area contributed by atoms with E-state index in [4.69, 9.17) is 4.74 Å². The molecule has 1 aromatic carbocycles. The van der Waals surface area contributed by atoms with Gasteiger partial charge >= 0.3 is 0 Å². The Morgan fingerprint density at radius 3 is 2.71 bits per heavy atom.